The van der Waals surface area contributed by atoms with Crippen molar-refractivity contribution in [1.29, 1.82) is 0 Å². The molecule has 4 fully saturated rings. The van der Waals surface area contributed by atoms with Crippen molar-refractivity contribution in [2.24, 2.45) is 28.6 Å². The van der Waals surface area contributed by atoms with Gasteiger partial charge in [0.05, 0.1) is 17.8 Å². The Kier molecular flexibility index (Phi) is 2.37. The molecule has 0 aromatic heterocycles. The zero-order valence-corrected chi connectivity index (χ0v) is 11.8. The quantitative estimate of drug-likeness (QED) is 0.614. The maximum absolute atomic E-state index is 11.3. The molecule has 4 saturated carbocycles. The number of hydrogen-bond donors (Lipinski definition) is 3. The van der Waals surface area contributed by atoms with E-state index in [1.807, 2.05) is 0 Å². The van der Waals surface area contributed by atoms with Crippen LogP contribution in [-0.4, -0.2) is 33.1 Å². The van der Waals surface area contributed by atoms with Gasteiger partial charge in [0.15, 0.2) is 0 Å². The molecule has 0 unspecified atom stereocenters. The lowest BCUT2D eigenvalue weighted by Gasteiger charge is -2.73. The molecule has 0 radical (unpaired) electrons. The highest BCUT2D eigenvalue weighted by atomic mass is 16.3. The Bertz CT molecular complexity index is 380. The molecule has 3 nitrogen and oxygen atoms in total. The summed E-state index contributed by atoms with van der Waals surface area (Å²) in [4.78, 5) is 0. The molecule has 0 aliphatic heterocycles. The Hall–Kier alpha value is -0.120. The fraction of sp³-hybridized carbons (Fsp3) is 1.00. The summed E-state index contributed by atoms with van der Waals surface area (Å²) in [6.45, 7) is 8.36. The van der Waals surface area contributed by atoms with E-state index in [4.69, 9.17) is 0 Å². The highest BCUT2D eigenvalue weighted by molar-refractivity contribution is 5.22. The average molecular weight is 254 g/mol. The third kappa shape index (κ3) is 1.13. The zero-order valence-electron chi connectivity index (χ0n) is 11.8. The Labute approximate surface area is 109 Å². The minimum absolute atomic E-state index is 0.157. The van der Waals surface area contributed by atoms with Gasteiger partial charge in [-0.05, 0) is 36.0 Å². The summed E-state index contributed by atoms with van der Waals surface area (Å²) >= 11 is 0. The molecule has 0 spiro atoms. The summed E-state index contributed by atoms with van der Waals surface area (Å²) in [7, 11) is 0. The first kappa shape index (κ1) is 12.9. The summed E-state index contributed by atoms with van der Waals surface area (Å²) in [5, 5.41) is 31.9. The van der Waals surface area contributed by atoms with Crippen LogP contribution in [0, 0.1) is 28.6 Å². The van der Waals surface area contributed by atoms with Crippen LogP contribution in [0.3, 0.4) is 0 Å². The van der Waals surface area contributed by atoms with E-state index >= 15 is 0 Å². The monoisotopic (exact) mass is 254 g/mol. The van der Waals surface area contributed by atoms with Crippen LogP contribution in [0.5, 0.6) is 0 Å². The fourth-order valence-electron chi connectivity index (χ4n) is 5.76. The minimum atomic E-state index is -0.848. The Balaban J connectivity index is 2.15. The molecule has 4 aliphatic rings. The van der Waals surface area contributed by atoms with Crippen molar-refractivity contribution in [3.05, 3.63) is 0 Å². The molecule has 4 aliphatic carbocycles. The van der Waals surface area contributed by atoms with Crippen LogP contribution in [0.1, 0.15) is 47.0 Å². The Morgan fingerprint density at radius 2 is 1.56 bits per heavy atom. The maximum atomic E-state index is 11.3. The first-order valence-electron chi connectivity index (χ1n) is 7.23. The van der Waals surface area contributed by atoms with Crippen molar-refractivity contribution in [2.45, 2.75) is 64.8 Å². The molecule has 0 amide bonds. The number of aliphatic hydroxyl groups is 3. The van der Waals surface area contributed by atoms with Crippen molar-refractivity contribution in [2.75, 3.05) is 0 Å². The van der Waals surface area contributed by atoms with Crippen molar-refractivity contribution >= 4 is 0 Å². The average Bonchev–Trinajstić information content (AvgIpc) is 2.23. The van der Waals surface area contributed by atoms with Gasteiger partial charge in [-0.15, -0.1) is 0 Å². The summed E-state index contributed by atoms with van der Waals surface area (Å²) in [6.07, 6.45) is 1.36. The van der Waals surface area contributed by atoms with E-state index < -0.39 is 11.7 Å². The van der Waals surface area contributed by atoms with E-state index in [0.29, 0.717) is 18.8 Å². The van der Waals surface area contributed by atoms with Gasteiger partial charge in [0.25, 0.3) is 0 Å². The predicted octanol–water partition coefficient (Wildman–Crippen LogP) is 1.55. The van der Waals surface area contributed by atoms with Gasteiger partial charge in [0.1, 0.15) is 0 Å². The summed E-state index contributed by atoms with van der Waals surface area (Å²) in [5.41, 5.74) is -1.43. The van der Waals surface area contributed by atoms with Crippen LogP contribution in [0.4, 0.5) is 0 Å². The van der Waals surface area contributed by atoms with Crippen molar-refractivity contribution < 1.29 is 15.3 Å². The molecule has 104 valence electrons. The second-order valence-corrected chi connectivity index (χ2v) is 7.85. The molecular weight excluding hydrogens is 228 g/mol. The molecular formula is C15H26O3. The zero-order chi connectivity index (χ0) is 13.5. The van der Waals surface area contributed by atoms with Gasteiger partial charge in [0, 0.05) is 11.8 Å². The van der Waals surface area contributed by atoms with Gasteiger partial charge in [-0.3, -0.25) is 0 Å². The smallest absolute Gasteiger partial charge is 0.0783 e. The molecule has 18 heavy (non-hydrogen) atoms. The van der Waals surface area contributed by atoms with E-state index in [-0.39, 0.29) is 28.8 Å². The Morgan fingerprint density at radius 3 is 2.17 bits per heavy atom. The van der Waals surface area contributed by atoms with Crippen LogP contribution >= 0.6 is 0 Å². The van der Waals surface area contributed by atoms with E-state index in [0.717, 1.165) is 6.42 Å². The molecule has 0 aromatic carbocycles. The second kappa shape index (κ2) is 3.31. The molecule has 0 saturated heterocycles. The number of hydrogen-bond acceptors (Lipinski definition) is 3. The molecule has 4 bridgehead atoms. The van der Waals surface area contributed by atoms with E-state index in [9.17, 15) is 15.3 Å². The SMILES string of the molecule is C[C@H]1[C@H]2C[C@@H]3[C@H](O)C[C@@]2(C)[C@](O)(C[C@@H]1O)C3(C)C. The van der Waals surface area contributed by atoms with E-state index in [2.05, 4.69) is 27.7 Å². The van der Waals surface area contributed by atoms with Crippen LogP contribution in [-0.2, 0) is 0 Å². The lowest BCUT2D eigenvalue weighted by Crippen LogP contribution is -2.76. The lowest BCUT2D eigenvalue weighted by molar-refractivity contribution is -0.329. The van der Waals surface area contributed by atoms with Crippen LogP contribution < -0.4 is 0 Å². The van der Waals surface area contributed by atoms with Gasteiger partial charge in [-0.25, -0.2) is 0 Å². The number of fused-ring (bicyclic) bond motifs is 1. The second-order valence-electron chi connectivity index (χ2n) is 7.85. The molecule has 4 rings (SSSR count). The van der Waals surface area contributed by atoms with Gasteiger partial charge in [-0.2, -0.15) is 0 Å². The van der Waals surface area contributed by atoms with Gasteiger partial charge >= 0.3 is 0 Å². The first-order valence-corrected chi connectivity index (χ1v) is 7.23. The van der Waals surface area contributed by atoms with Crippen LogP contribution in [0.15, 0.2) is 0 Å². The molecule has 7 atom stereocenters. The normalized spacial score (nSPS) is 61.8. The van der Waals surface area contributed by atoms with Crippen molar-refractivity contribution in [3.63, 3.8) is 0 Å². The van der Waals surface area contributed by atoms with Crippen molar-refractivity contribution in [3.8, 4) is 0 Å². The molecule has 0 aromatic rings. The van der Waals surface area contributed by atoms with Gasteiger partial charge < -0.3 is 15.3 Å². The van der Waals surface area contributed by atoms with Crippen LogP contribution in [0.2, 0.25) is 0 Å². The van der Waals surface area contributed by atoms with E-state index in [1.165, 1.54) is 0 Å². The summed E-state index contributed by atoms with van der Waals surface area (Å²) in [6, 6.07) is 0. The number of aliphatic hydroxyl groups excluding tert-OH is 2. The summed E-state index contributed by atoms with van der Waals surface area (Å²) in [5.74, 6) is 0.707. The Morgan fingerprint density at radius 1 is 0.944 bits per heavy atom. The summed E-state index contributed by atoms with van der Waals surface area (Å²) < 4.78 is 0. The largest absolute Gasteiger partial charge is 0.393 e. The molecule has 0 heterocycles. The predicted molar refractivity (Wildman–Crippen MR) is 68.8 cm³/mol. The number of rotatable bonds is 0. The molecule has 3 heteroatoms. The van der Waals surface area contributed by atoms with Crippen LogP contribution in [0.25, 0.3) is 0 Å². The lowest BCUT2D eigenvalue weighted by atomic mass is 9.34. The van der Waals surface area contributed by atoms with Crippen molar-refractivity contribution in [1.82, 2.24) is 0 Å². The van der Waals surface area contributed by atoms with E-state index in [1.54, 1.807) is 0 Å². The highest BCUT2D eigenvalue weighted by Gasteiger charge is 2.73. The maximum Gasteiger partial charge on any atom is 0.0783 e. The first-order chi connectivity index (χ1) is 8.15. The van der Waals surface area contributed by atoms with Gasteiger partial charge in [-0.1, -0.05) is 27.7 Å². The third-order valence-corrected chi connectivity index (χ3v) is 7.11. The standard InChI is InChI=1S/C15H26O3/c1-8-9-5-10-12(17)6-14(9,4)15(18,7-11(8)16)13(10,2)3/h8-12,16-18H,5-7H2,1-4H3/t8-,9+,10+,11-,12+,14+,15-/m0/s1. The van der Waals surface area contributed by atoms with Gasteiger partial charge in [0.2, 0.25) is 0 Å². The topological polar surface area (TPSA) is 60.7 Å². The fourth-order valence-corrected chi connectivity index (χ4v) is 5.76. The third-order valence-electron chi connectivity index (χ3n) is 7.11. The molecule has 3 N–H and O–H groups in total. The highest BCUT2D eigenvalue weighted by Crippen LogP contribution is 2.71. The minimum Gasteiger partial charge on any atom is -0.393 e.